The molecule has 0 radical (unpaired) electrons. The Morgan fingerprint density at radius 3 is 1.97 bits per heavy atom. The van der Waals surface area contributed by atoms with Gasteiger partial charge >= 0.3 is 11.8 Å². The molecule has 9 heteroatoms. The van der Waals surface area contributed by atoms with Crippen molar-refractivity contribution in [3.63, 3.8) is 0 Å². The molecule has 36 heavy (non-hydrogen) atoms. The van der Waals surface area contributed by atoms with Crippen LogP contribution in [0.4, 0.5) is 0 Å². The van der Waals surface area contributed by atoms with Crippen molar-refractivity contribution in [1.29, 1.82) is 0 Å². The molecule has 1 fully saturated rings. The Morgan fingerprint density at radius 1 is 0.944 bits per heavy atom. The van der Waals surface area contributed by atoms with Crippen LogP contribution in [0.5, 0.6) is 11.8 Å². The van der Waals surface area contributed by atoms with Gasteiger partial charge in [0, 0.05) is 18.6 Å². The lowest BCUT2D eigenvalue weighted by Crippen LogP contribution is -2.54. The Bertz CT molecular complexity index is 1170. The molecule has 2 aromatic heterocycles. The van der Waals surface area contributed by atoms with Gasteiger partial charge in [0.25, 0.3) is 21.5 Å². The van der Waals surface area contributed by atoms with Crippen LogP contribution in [0.15, 0.2) is 36.4 Å². The van der Waals surface area contributed by atoms with Crippen LogP contribution in [0.25, 0.3) is 11.4 Å². The van der Waals surface area contributed by atoms with E-state index in [4.69, 9.17) is 11.6 Å². The first-order valence-electron chi connectivity index (χ1n) is 12.9. The summed E-state index contributed by atoms with van der Waals surface area (Å²) in [5.41, 5.74) is 0.926. The number of rotatable bonds is 11. The molecule has 7 nitrogen and oxygen atoms in total. The summed E-state index contributed by atoms with van der Waals surface area (Å²) in [4.78, 5) is 0. The molecule has 0 saturated heterocycles. The highest BCUT2D eigenvalue weighted by Gasteiger charge is 2.57. The Labute approximate surface area is 220 Å². The van der Waals surface area contributed by atoms with Crippen LogP contribution in [-0.4, -0.2) is 33.8 Å². The van der Waals surface area contributed by atoms with Gasteiger partial charge in [0.1, 0.15) is 0 Å². The normalized spacial score (nSPS) is 21.7. The smallest absolute Gasteiger partial charge is 0.366 e. The van der Waals surface area contributed by atoms with Gasteiger partial charge in [-0.05, 0) is 62.0 Å². The molecule has 0 aromatic carbocycles. The molecule has 2 aromatic rings. The van der Waals surface area contributed by atoms with Crippen LogP contribution < -0.4 is 9.13 Å². The maximum absolute atomic E-state index is 12.6. The van der Waals surface area contributed by atoms with E-state index in [9.17, 15) is 23.2 Å². The third-order valence-corrected chi connectivity index (χ3v) is 11.2. The predicted molar refractivity (Wildman–Crippen MR) is 140 cm³/mol. The van der Waals surface area contributed by atoms with Crippen LogP contribution in [0.1, 0.15) is 66.2 Å². The summed E-state index contributed by atoms with van der Waals surface area (Å²) in [6.07, 6.45) is 4.66. The second-order valence-corrected chi connectivity index (χ2v) is 12.7. The molecule has 2 heterocycles. The second kappa shape index (κ2) is 11.2. The zero-order chi connectivity index (χ0) is 26.7. The van der Waals surface area contributed by atoms with Gasteiger partial charge in [-0.3, -0.25) is 4.55 Å². The van der Waals surface area contributed by atoms with Crippen molar-refractivity contribution in [3.8, 4) is 23.1 Å². The van der Waals surface area contributed by atoms with Crippen molar-refractivity contribution in [2.24, 2.45) is 17.3 Å². The molecule has 0 amide bonds. The molecule has 3 N–H and O–H groups in total. The van der Waals surface area contributed by atoms with Gasteiger partial charge in [0.05, 0.1) is 22.8 Å². The third-order valence-electron chi connectivity index (χ3n) is 9.09. The summed E-state index contributed by atoms with van der Waals surface area (Å²) in [5.74, 6) is 0.934. The lowest BCUT2D eigenvalue weighted by Gasteiger charge is -2.49. The molecular weight excluding hydrogens is 500 g/mol. The average Bonchev–Trinajstić information content (AvgIpc) is 3.32. The molecular formula is C27H41ClN2O5S+2. The summed E-state index contributed by atoms with van der Waals surface area (Å²) in [7, 11) is -4.26. The van der Waals surface area contributed by atoms with Crippen LogP contribution in [0, 0.1) is 17.3 Å². The van der Waals surface area contributed by atoms with E-state index in [1.807, 2.05) is 37.5 Å². The van der Waals surface area contributed by atoms with Crippen LogP contribution in [0.3, 0.4) is 0 Å². The third kappa shape index (κ3) is 5.09. The van der Waals surface area contributed by atoms with Crippen molar-refractivity contribution >= 4 is 21.7 Å². The molecule has 1 saturated carbocycles. The Balaban J connectivity index is 1.96. The first-order valence-corrected chi connectivity index (χ1v) is 14.9. The number of alkyl halides is 1. The highest BCUT2D eigenvalue weighted by molar-refractivity contribution is 7.87. The highest BCUT2D eigenvalue weighted by atomic mass is 35.5. The van der Waals surface area contributed by atoms with E-state index in [-0.39, 0.29) is 23.6 Å². The number of aromatic nitrogens is 2. The van der Waals surface area contributed by atoms with Gasteiger partial charge in [0.2, 0.25) is 0 Å². The molecule has 1 aliphatic carbocycles. The minimum atomic E-state index is -4.26. The SMILES string of the molecule is CCC(C)(C1CCCC1CC[n+]1c(O)cccc1-c1cccc(O)[n+]1CCCl)C(C)(CC)S(=O)(=O)O. The van der Waals surface area contributed by atoms with Gasteiger partial charge in [-0.25, -0.2) is 0 Å². The first-order chi connectivity index (χ1) is 16.9. The quantitative estimate of drug-likeness (QED) is 0.215. The number of hydrogen-bond donors (Lipinski definition) is 3. The summed E-state index contributed by atoms with van der Waals surface area (Å²) in [6, 6.07) is 10.6. The Kier molecular flexibility index (Phi) is 8.95. The molecule has 0 bridgehead atoms. The number of halogens is 1. The van der Waals surface area contributed by atoms with Crippen LogP contribution >= 0.6 is 11.6 Å². The van der Waals surface area contributed by atoms with Crippen molar-refractivity contribution in [2.45, 2.75) is 84.1 Å². The van der Waals surface area contributed by atoms with E-state index in [1.165, 1.54) is 0 Å². The average molecular weight is 541 g/mol. The monoisotopic (exact) mass is 540 g/mol. The zero-order valence-electron chi connectivity index (χ0n) is 21.8. The molecule has 0 spiro atoms. The molecule has 0 aliphatic heterocycles. The van der Waals surface area contributed by atoms with Gasteiger partial charge in [-0.1, -0.05) is 27.2 Å². The predicted octanol–water partition coefficient (Wildman–Crippen LogP) is 4.86. The minimum absolute atomic E-state index is 0.0988. The fourth-order valence-electron chi connectivity index (χ4n) is 6.48. The summed E-state index contributed by atoms with van der Waals surface area (Å²) in [5, 5.41) is 21.2. The molecule has 3 rings (SSSR count). The van der Waals surface area contributed by atoms with Crippen molar-refractivity contribution in [3.05, 3.63) is 36.4 Å². The fourth-order valence-corrected chi connectivity index (χ4v) is 7.90. The lowest BCUT2D eigenvalue weighted by atomic mass is 9.61. The van der Waals surface area contributed by atoms with E-state index in [2.05, 4.69) is 0 Å². The molecule has 4 atom stereocenters. The van der Waals surface area contributed by atoms with E-state index < -0.39 is 20.3 Å². The maximum Gasteiger partial charge on any atom is 0.366 e. The fraction of sp³-hybridized carbons (Fsp3) is 0.630. The highest BCUT2D eigenvalue weighted by Crippen LogP contribution is 2.55. The van der Waals surface area contributed by atoms with E-state index in [0.717, 1.165) is 37.1 Å². The van der Waals surface area contributed by atoms with E-state index >= 15 is 0 Å². The summed E-state index contributed by atoms with van der Waals surface area (Å²) >= 11 is 5.99. The summed E-state index contributed by atoms with van der Waals surface area (Å²) in [6.45, 7) is 8.52. The summed E-state index contributed by atoms with van der Waals surface area (Å²) < 4.78 is 37.7. The standard InChI is InChI=1S/C27H39ClN2O5S/c1-5-26(3,27(4,6-2)36(33,34)35)21-11-7-10-20(21)16-18-29-22(12-8-14-24(29)31)23-13-9-15-25(32)30(23)19-17-28/h8-9,12-15,20-21H,5-7,10-11,16-19H2,1-4H3,(H,33,34,35)/p+2. The first kappa shape index (κ1) is 28.7. The maximum atomic E-state index is 12.6. The van der Waals surface area contributed by atoms with Crippen molar-refractivity contribution in [1.82, 2.24) is 0 Å². The number of hydrogen-bond acceptors (Lipinski definition) is 4. The molecule has 4 unspecified atom stereocenters. The van der Waals surface area contributed by atoms with Gasteiger partial charge in [0.15, 0.2) is 13.1 Å². The molecule has 1 aliphatic rings. The van der Waals surface area contributed by atoms with Crippen LogP contribution in [-0.2, 0) is 23.2 Å². The van der Waals surface area contributed by atoms with Crippen molar-refractivity contribution < 1.29 is 32.3 Å². The van der Waals surface area contributed by atoms with E-state index in [0.29, 0.717) is 31.8 Å². The van der Waals surface area contributed by atoms with Gasteiger partial charge < -0.3 is 10.2 Å². The van der Waals surface area contributed by atoms with Crippen LogP contribution in [0.2, 0.25) is 0 Å². The second-order valence-electron chi connectivity index (χ2n) is 10.4. The van der Waals surface area contributed by atoms with E-state index in [1.54, 1.807) is 35.8 Å². The number of pyridine rings is 2. The van der Waals surface area contributed by atoms with Crippen molar-refractivity contribution in [2.75, 3.05) is 5.88 Å². The minimum Gasteiger partial charge on any atom is -0.460 e. The lowest BCUT2D eigenvalue weighted by molar-refractivity contribution is -0.719. The number of aromatic hydroxyl groups is 2. The Hall–Kier alpha value is -1.90. The topological polar surface area (TPSA) is 103 Å². The van der Waals surface area contributed by atoms with Gasteiger partial charge in [-0.15, -0.1) is 11.6 Å². The zero-order valence-corrected chi connectivity index (χ0v) is 23.4. The largest absolute Gasteiger partial charge is 0.460 e. The Morgan fingerprint density at radius 2 is 1.50 bits per heavy atom. The number of nitrogens with zero attached hydrogens (tertiary/aromatic N) is 2. The molecule has 200 valence electrons. The van der Waals surface area contributed by atoms with Gasteiger partial charge in [-0.2, -0.15) is 17.6 Å².